The summed E-state index contributed by atoms with van der Waals surface area (Å²) in [6.45, 7) is 5.57. The van der Waals surface area contributed by atoms with E-state index in [0.717, 1.165) is 43.7 Å². The van der Waals surface area contributed by atoms with Crippen LogP contribution in [0.1, 0.15) is 43.9 Å². The summed E-state index contributed by atoms with van der Waals surface area (Å²) in [5, 5.41) is 12.2. The number of pyridine rings is 1. The zero-order valence-electron chi connectivity index (χ0n) is 12.7. The van der Waals surface area contributed by atoms with Gasteiger partial charge in [0.05, 0.1) is 0 Å². The number of amides is 1. The van der Waals surface area contributed by atoms with Gasteiger partial charge in [0.1, 0.15) is 17.6 Å². The van der Waals surface area contributed by atoms with Crippen LogP contribution in [0.3, 0.4) is 0 Å². The molecule has 21 heavy (non-hydrogen) atoms. The number of hydrogen-bond donors (Lipinski definition) is 1. The third kappa shape index (κ3) is 3.94. The lowest BCUT2D eigenvalue weighted by molar-refractivity contribution is -0.121. The van der Waals surface area contributed by atoms with E-state index in [9.17, 15) is 4.79 Å². The van der Waals surface area contributed by atoms with Crippen molar-refractivity contribution in [1.82, 2.24) is 10.3 Å². The van der Waals surface area contributed by atoms with Crippen LogP contribution < -0.4 is 10.2 Å². The van der Waals surface area contributed by atoms with Gasteiger partial charge in [0.25, 0.3) is 0 Å². The molecule has 0 saturated carbocycles. The molecule has 1 aliphatic heterocycles. The van der Waals surface area contributed by atoms with Gasteiger partial charge in [0.2, 0.25) is 5.91 Å². The third-order valence-electron chi connectivity index (χ3n) is 3.78. The minimum atomic E-state index is 0.124. The zero-order chi connectivity index (χ0) is 15.2. The summed E-state index contributed by atoms with van der Waals surface area (Å²) >= 11 is 0. The number of nitriles is 1. The monoisotopic (exact) mass is 286 g/mol. The lowest BCUT2D eigenvalue weighted by Gasteiger charge is -2.34. The quantitative estimate of drug-likeness (QED) is 0.920. The van der Waals surface area contributed by atoms with Crippen molar-refractivity contribution in [3.8, 4) is 6.07 Å². The normalized spacial score (nSPS) is 18.1. The Labute approximate surface area is 126 Å². The summed E-state index contributed by atoms with van der Waals surface area (Å²) in [5.74, 6) is 0.950. The molecule has 1 unspecified atom stereocenters. The van der Waals surface area contributed by atoms with E-state index in [-0.39, 0.29) is 11.9 Å². The molecule has 5 nitrogen and oxygen atoms in total. The molecule has 1 atom stereocenters. The van der Waals surface area contributed by atoms with Gasteiger partial charge in [-0.05, 0) is 37.8 Å². The average molecular weight is 286 g/mol. The van der Waals surface area contributed by atoms with Crippen molar-refractivity contribution in [3.63, 3.8) is 0 Å². The molecule has 1 saturated heterocycles. The first-order valence-corrected chi connectivity index (χ1v) is 7.56. The Balaban J connectivity index is 2.04. The molecule has 0 spiro atoms. The van der Waals surface area contributed by atoms with Gasteiger partial charge in [-0.3, -0.25) is 4.79 Å². The first kappa shape index (κ1) is 15.3. The minimum Gasteiger partial charge on any atom is -0.355 e. The second kappa shape index (κ2) is 7.07. The smallest absolute Gasteiger partial charge is 0.220 e. The number of anilines is 1. The number of rotatable bonds is 4. The number of aryl methyl sites for hydroxylation is 1. The predicted octanol–water partition coefficient (Wildman–Crippen LogP) is 2.15. The van der Waals surface area contributed by atoms with E-state index in [1.54, 1.807) is 0 Å². The summed E-state index contributed by atoms with van der Waals surface area (Å²) in [6.07, 6.45) is 3.47. The number of nitrogens with one attached hydrogen (secondary N) is 1. The Morgan fingerprint density at radius 2 is 2.38 bits per heavy atom. The van der Waals surface area contributed by atoms with Crippen LogP contribution in [-0.2, 0) is 4.79 Å². The largest absolute Gasteiger partial charge is 0.355 e. The summed E-state index contributed by atoms with van der Waals surface area (Å²) in [5.41, 5.74) is 1.37. The maximum absolute atomic E-state index is 11.7. The van der Waals surface area contributed by atoms with Gasteiger partial charge >= 0.3 is 0 Å². The highest BCUT2D eigenvalue weighted by molar-refractivity contribution is 5.76. The Kier molecular flexibility index (Phi) is 5.15. The van der Waals surface area contributed by atoms with Gasteiger partial charge in [-0.1, -0.05) is 13.0 Å². The topological polar surface area (TPSA) is 69.0 Å². The molecule has 1 aromatic rings. The van der Waals surface area contributed by atoms with Crippen molar-refractivity contribution in [2.24, 2.45) is 0 Å². The minimum absolute atomic E-state index is 0.124. The number of nitrogens with zero attached hydrogens (tertiary/aromatic N) is 3. The van der Waals surface area contributed by atoms with Gasteiger partial charge in [-0.2, -0.15) is 5.26 Å². The molecule has 1 N–H and O–H groups in total. The number of carbonyl (C=O) groups is 1. The van der Waals surface area contributed by atoms with Crippen LogP contribution in [-0.4, -0.2) is 30.0 Å². The SMILES string of the molecule is CCCC(=O)NC1CCCN(c2ccc(C)c(C#N)n2)C1. The van der Waals surface area contributed by atoms with Crippen LogP contribution in [0.4, 0.5) is 5.82 Å². The van der Waals surface area contributed by atoms with Crippen LogP contribution in [0.25, 0.3) is 0 Å². The Bertz CT molecular complexity index is 550. The fourth-order valence-corrected chi connectivity index (χ4v) is 2.64. The fraction of sp³-hybridized carbons (Fsp3) is 0.562. The van der Waals surface area contributed by atoms with Crippen LogP contribution in [0, 0.1) is 18.3 Å². The third-order valence-corrected chi connectivity index (χ3v) is 3.78. The fourth-order valence-electron chi connectivity index (χ4n) is 2.64. The Morgan fingerprint density at radius 1 is 1.57 bits per heavy atom. The molecule has 2 rings (SSSR count). The summed E-state index contributed by atoms with van der Waals surface area (Å²) in [6, 6.07) is 6.18. The van der Waals surface area contributed by atoms with Crippen LogP contribution >= 0.6 is 0 Å². The molecule has 0 radical (unpaired) electrons. The van der Waals surface area contributed by atoms with E-state index >= 15 is 0 Å². The lowest BCUT2D eigenvalue weighted by atomic mass is 10.1. The molecule has 0 bridgehead atoms. The van der Waals surface area contributed by atoms with Crippen molar-refractivity contribution in [3.05, 3.63) is 23.4 Å². The highest BCUT2D eigenvalue weighted by Crippen LogP contribution is 2.19. The van der Waals surface area contributed by atoms with E-state index in [0.29, 0.717) is 12.1 Å². The molecule has 1 aromatic heterocycles. The average Bonchev–Trinajstić information content (AvgIpc) is 2.48. The number of piperidine rings is 1. The molecule has 0 aromatic carbocycles. The first-order valence-electron chi connectivity index (χ1n) is 7.56. The van der Waals surface area contributed by atoms with Gasteiger partial charge in [0.15, 0.2) is 0 Å². The maximum atomic E-state index is 11.7. The standard InChI is InChI=1S/C16H22N4O/c1-3-5-16(21)18-13-6-4-9-20(11-13)15-8-7-12(2)14(10-17)19-15/h7-8,13H,3-6,9,11H2,1-2H3,(H,18,21). The highest BCUT2D eigenvalue weighted by atomic mass is 16.1. The van der Waals surface area contributed by atoms with Gasteiger partial charge in [-0.25, -0.2) is 4.98 Å². The molecule has 5 heteroatoms. The number of hydrogen-bond acceptors (Lipinski definition) is 4. The summed E-state index contributed by atoms with van der Waals surface area (Å²) in [4.78, 5) is 18.3. The molecule has 112 valence electrons. The summed E-state index contributed by atoms with van der Waals surface area (Å²) in [7, 11) is 0. The van der Waals surface area contributed by atoms with E-state index in [1.807, 2.05) is 26.0 Å². The van der Waals surface area contributed by atoms with Gasteiger partial charge in [-0.15, -0.1) is 0 Å². The molecule has 1 amide bonds. The van der Waals surface area contributed by atoms with Crippen LogP contribution in [0.2, 0.25) is 0 Å². The second-order valence-corrected chi connectivity index (χ2v) is 5.55. The predicted molar refractivity (Wildman–Crippen MR) is 82.0 cm³/mol. The van der Waals surface area contributed by atoms with Crippen LogP contribution in [0.15, 0.2) is 12.1 Å². The van der Waals surface area contributed by atoms with Crippen molar-refractivity contribution < 1.29 is 4.79 Å². The molecule has 1 fully saturated rings. The number of carbonyl (C=O) groups excluding carboxylic acids is 1. The van der Waals surface area contributed by atoms with Crippen LogP contribution in [0.5, 0.6) is 0 Å². The Morgan fingerprint density at radius 3 is 3.10 bits per heavy atom. The first-order chi connectivity index (χ1) is 10.1. The summed E-state index contributed by atoms with van der Waals surface area (Å²) < 4.78 is 0. The van der Waals surface area contributed by atoms with E-state index < -0.39 is 0 Å². The van der Waals surface area contributed by atoms with E-state index in [4.69, 9.17) is 5.26 Å². The zero-order valence-corrected chi connectivity index (χ0v) is 12.7. The van der Waals surface area contributed by atoms with Crippen molar-refractivity contribution in [2.75, 3.05) is 18.0 Å². The molecular formula is C16H22N4O. The van der Waals surface area contributed by atoms with E-state index in [2.05, 4.69) is 21.3 Å². The highest BCUT2D eigenvalue weighted by Gasteiger charge is 2.22. The van der Waals surface area contributed by atoms with Gasteiger partial charge in [0, 0.05) is 25.6 Å². The molecular weight excluding hydrogens is 264 g/mol. The number of aromatic nitrogens is 1. The maximum Gasteiger partial charge on any atom is 0.220 e. The van der Waals surface area contributed by atoms with Gasteiger partial charge < -0.3 is 10.2 Å². The molecule has 0 aliphatic carbocycles. The molecule has 2 heterocycles. The lowest BCUT2D eigenvalue weighted by Crippen LogP contribution is -2.48. The van der Waals surface area contributed by atoms with Crippen molar-refractivity contribution in [1.29, 1.82) is 5.26 Å². The Hall–Kier alpha value is -2.09. The van der Waals surface area contributed by atoms with Crippen molar-refractivity contribution in [2.45, 2.75) is 45.6 Å². The second-order valence-electron chi connectivity index (χ2n) is 5.55. The molecule has 1 aliphatic rings. The van der Waals surface area contributed by atoms with Crippen molar-refractivity contribution >= 4 is 11.7 Å². The van der Waals surface area contributed by atoms with E-state index in [1.165, 1.54) is 0 Å².